The Bertz CT molecular complexity index is 277. The van der Waals surface area contributed by atoms with Gasteiger partial charge in [0, 0.05) is 12.5 Å². The Morgan fingerprint density at radius 3 is 2.56 bits per heavy atom. The first kappa shape index (κ1) is 13.2. The van der Waals surface area contributed by atoms with Gasteiger partial charge in [-0.3, -0.25) is 0 Å². The Morgan fingerprint density at radius 2 is 2.19 bits per heavy atom. The summed E-state index contributed by atoms with van der Waals surface area (Å²) in [4.78, 5) is 13.0. The molecule has 1 amide bonds. The van der Waals surface area contributed by atoms with E-state index in [0.29, 0.717) is 0 Å². The van der Waals surface area contributed by atoms with Crippen molar-refractivity contribution in [3.63, 3.8) is 0 Å². The highest BCUT2D eigenvalue weighted by molar-refractivity contribution is 5.68. The molecule has 1 heterocycles. The van der Waals surface area contributed by atoms with Crippen LogP contribution >= 0.6 is 0 Å². The standard InChI is InChI=1S/C11H20FNO3/c1-8-5-13(6-11(8,12)7-14)9(15)16-10(2,3)4/h8,14H,5-7H2,1-4H3/t8-,11+/m0/s1. The molecule has 0 radical (unpaired) electrons. The molecule has 16 heavy (non-hydrogen) atoms. The van der Waals surface area contributed by atoms with E-state index in [-0.39, 0.29) is 19.0 Å². The Labute approximate surface area is 95.4 Å². The van der Waals surface area contributed by atoms with Crippen LogP contribution in [-0.2, 0) is 4.74 Å². The summed E-state index contributed by atoms with van der Waals surface area (Å²) in [6.07, 6.45) is -0.521. The monoisotopic (exact) mass is 233 g/mol. The van der Waals surface area contributed by atoms with Crippen molar-refractivity contribution in [1.29, 1.82) is 0 Å². The van der Waals surface area contributed by atoms with Gasteiger partial charge in [0.1, 0.15) is 5.60 Å². The molecule has 1 rings (SSSR count). The normalized spacial score (nSPS) is 30.6. The lowest BCUT2D eigenvalue weighted by atomic mass is 9.96. The van der Waals surface area contributed by atoms with E-state index in [1.54, 1.807) is 27.7 Å². The van der Waals surface area contributed by atoms with E-state index in [9.17, 15) is 9.18 Å². The summed E-state index contributed by atoms with van der Waals surface area (Å²) in [6.45, 7) is 6.59. The predicted octanol–water partition coefficient (Wildman–Crippen LogP) is 1.57. The molecule has 1 fully saturated rings. The molecule has 1 aliphatic rings. The highest BCUT2D eigenvalue weighted by Crippen LogP contribution is 2.31. The molecule has 1 N–H and O–H groups in total. The summed E-state index contributed by atoms with van der Waals surface area (Å²) in [6, 6.07) is 0. The van der Waals surface area contributed by atoms with Gasteiger partial charge in [0.15, 0.2) is 5.67 Å². The summed E-state index contributed by atoms with van der Waals surface area (Å²) < 4.78 is 19.1. The second-order valence-corrected chi connectivity index (χ2v) is 5.45. The number of hydrogen-bond donors (Lipinski definition) is 1. The lowest BCUT2D eigenvalue weighted by Gasteiger charge is -2.25. The van der Waals surface area contributed by atoms with Crippen molar-refractivity contribution in [2.75, 3.05) is 19.7 Å². The molecule has 94 valence electrons. The van der Waals surface area contributed by atoms with Crippen LogP contribution in [0.3, 0.4) is 0 Å². The summed E-state index contributed by atoms with van der Waals surface area (Å²) in [5, 5.41) is 8.97. The van der Waals surface area contributed by atoms with E-state index in [2.05, 4.69) is 0 Å². The van der Waals surface area contributed by atoms with Crippen LogP contribution in [0.25, 0.3) is 0 Å². The number of ether oxygens (including phenoxy) is 1. The number of alkyl halides is 1. The molecule has 0 spiro atoms. The molecular weight excluding hydrogens is 213 g/mol. The number of aliphatic hydroxyl groups is 1. The third-order valence-electron chi connectivity index (χ3n) is 2.75. The van der Waals surface area contributed by atoms with Crippen LogP contribution in [0.1, 0.15) is 27.7 Å². The Balaban J connectivity index is 2.62. The molecule has 0 unspecified atom stereocenters. The molecule has 0 aliphatic carbocycles. The third kappa shape index (κ3) is 2.84. The maximum atomic E-state index is 14.0. The topological polar surface area (TPSA) is 49.8 Å². The van der Waals surface area contributed by atoms with E-state index < -0.39 is 24.0 Å². The number of halogens is 1. The quantitative estimate of drug-likeness (QED) is 0.748. The van der Waals surface area contributed by atoms with E-state index in [0.717, 1.165) is 0 Å². The summed E-state index contributed by atoms with van der Waals surface area (Å²) >= 11 is 0. The SMILES string of the molecule is C[C@H]1CN(C(=O)OC(C)(C)C)C[C@@]1(F)CO. The van der Waals surface area contributed by atoms with Crippen LogP contribution in [-0.4, -0.2) is 47.1 Å². The molecule has 2 atom stereocenters. The van der Waals surface area contributed by atoms with Crippen molar-refractivity contribution in [3.8, 4) is 0 Å². The number of rotatable bonds is 1. The number of carbonyl (C=O) groups is 1. The van der Waals surface area contributed by atoms with Crippen molar-refractivity contribution in [2.24, 2.45) is 5.92 Å². The first-order chi connectivity index (χ1) is 7.18. The van der Waals surface area contributed by atoms with E-state index in [4.69, 9.17) is 9.84 Å². The Morgan fingerprint density at radius 1 is 1.62 bits per heavy atom. The van der Waals surface area contributed by atoms with Gasteiger partial charge >= 0.3 is 6.09 Å². The maximum absolute atomic E-state index is 14.0. The average Bonchev–Trinajstić information content (AvgIpc) is 2.41. The summed E-state index contributed by atoms with van der Waals surface area (Å²) in [7, 11) is 0. The second kappa shape index (κ2) is 4.20. The Kier molecular flexibility index (Phi) is 3.47. The van der Waals surface area contributed by atoms with Gasteiger partial charge in [-0.05, 0) is 20.8 Å². The average molecular weight is 233 g/mol. The number of likely N-dealkylation sites (tertiary alicyclic amines) is 1. The predicted molar refractivity (Wildman–Crippen MR) is 57.9 cm³/mol. The van der Waals surface area contributed by atoms with Gasteiger partial charge in [0.2, 0.25) is 0 Å². The van der Waals surface area contributed by atoms with Crippen molar-refractivity contribution in [3.05, 3.63) is 0 Å². The van der Waals surface area contributed by atoms with E-state index in [1.807, 2.05) is 0 Å². The smallest absolute Gasteiger partial charge is 0.410 e. The molecule has 0 aromatic carbocycles. The minimum atomic E-state index is -1.70. The van der Waals surface area contributed by atoms with Crippen LogP contribution < -0.4 is 0 Å². The van der Waals surface area contributed by atoms with Crippen LogP contribution in [0, 0.1) is 5.92 Å². The van der Waals surface area contributed by atoms with Gasteiger partial charge in [-0.2, -0.15) is 0 Å². The van der Waals surface area contributed by atoms with Crippen LogP contribution in [0.2, 0.25) is 0 Å². The molecule has 0 saturated carbocycles. The van der Waals surface area contributed by atoms with E-state index in [1.165, 1.54) is 4.90 Å². The molecule has 1 saturated heterocycles. The van der Waals surface area contributed by atoms with Crippen molar-refractivity contribution >= 4 is 6.09 Å². The van der Waals surface area contributed by atoms with Crippen molar-refractivity contribution in [1.82, 2.24) is 4.90 Å². The lowest BCUT2D eigenvalue weighted by molar-refractivity contribution is 0.0202. The molecule has 4 nitrogen and oxygen atoms in total. The molecule has 0 bridgehead atoms. The number of nitrogens with zero attached hydrogens (tertiary/aromatic N) is 1. The molecular formula is C11H20FNO3. The fourth-order valence-corrected chi connectivity index (χ4v) is 1.70. The molecule has 0 aromatic rings. The minimum absolute atomic E-state index is 0.0976. The number of aliphatic hydroxyl groups excluding tert-OH is 1. The lowest BCUT2D eigenvalue weighted by Crippen LogP contribution is -2.39. The van der Waals surface area contributed by atoms with E-state index >= 15 is 0 Å². The van der Waals surface area contributed by atoms with Crippen molar-refractivity contribution in [2.45, 2.75) is 39.0 Å². The fraction of sp³-hybridized carbons (Fsp3) is 0.909. The van der Waals surface area contributed by atoms with Crippen LogP contribution in [0.5, 0.6) is 0 Å². The summed E-state index contributed by atoms with van der Waals surface area (Å²) in [5.41, 5.74) is -2.28. The summed E-state index contributed by atoms with van der Waals surface area (Å²) in [5.74, 6) is -0.370. The second-order valence-electron chi connectivity index (χ2n) is 5.45. The first-order valence-electron chi connectivity index (χ1n) is 5.46. The highest BCUT2D eigenvalue weighted by Gasteiger charge is 2.46. The zero-order chi connectivity index (χ0) is 12.6. The molecule has 1 aliphatic heterocycles. The fourth-order valence-electron chi connectivity index (χ4n) is 1.70. The Hall–Kier alpha value is -0.840. The number of amides is 1. The minimum Gasteiger partial charge on any atom is -0.444 e. The van der Waals surface area contributed by atoms with Crippen molar-refractivity contribution < 1.29 is 19.0 Å². The maximum Gasteiger partial charge on any atom is 0.410 e. The largest absolute Gasteiger partial charge is 0.444 e. The van der Waals surface area contributed by atoms with Gasteiger partial charge < -0.3 is 14.7 Å². The highest BCUT2D eigenvalue weighted by atomic mass is 19.1. The van der Waals surface area contributed by atoms with Gasteiger partial charge in [-0.1, -0.05) is 6.92 Å². The number of hydrogen-bond acceptors (Lipinski definition) is 3. The van der Waals surface area contributed by atoms with Crippen LogP contribution in [0.4, 0.5) is 9.18 Å². The first-order valence-corrected chi connectivity index (χ1v) is 5.46. The number of carbonyl (C=O) groups excluding carboxylic acids is 1. The van der Waals surface area contributed by atoms with Crippen LogP contribution in [0.15, 0.2) is 0 Å². The zero-order valence-electron chi connectivity index (χ0n) is 10.3. The third-order valence-corrected chi connectivity index (χ3v) is 2.75. The molecule has 0 aromatic heterocycles. The van der Waals surface area contributed by atoms with Gasteiger partial charge in [-0.15, -0.1) is 0 Å². The van der Waals surface area contributed by atoms with Gasteiger partial charge in [-0.25, -0.2) is 9.18 Å². The molecule has 5 heteroatoms. The van der Waals surface area contributed by atoms with Gasteiger partial charge in [0.25, 0.3) is 0 Å². The zero-order valence-corrected chi connectivity index (χ0v) is 10.3. The van der Waals surface area contributed by atoms with Gasteiger partial charge in [0.05, 0.1) is 13.2 Å².